The number of carbonyl (C=O) groups is 16. The summed E-state index contributed by atoms with van der Waals surface area (Å²) in [4.78, 5) is 238. The number of aliphatic carboxylic acids is 2. The standard InChI is InChI=1S/C76H140N26O18.4ClH/c1-37(2)28-49(64(112)91-45(60(77)108)20-16-24-86-73(78)79)99-71(119)56(35-58(104)105)102-70(118)54(33-42(11)12)96-63(111)48(23-19-27-89-76(84)85)92-65(113)50(29-38(3)4)97-68(116)55(34-43(13)14)98-67(115)52(31-40(7)8)95-62(110)47(22-18-26-88-75(82)83)93-66(114)51(30-39(5)6)100-72(120)57(36-59(106)107)101-69(117)53(32-41(9)10)94-61(109)46(90-44(15)103)21-17-25-87-74(80)81;;;;/h37-43,45-57H,16-36H2,1-15H3,(H2,77,108)(H,90,103)(H,91,112)(H,92,113)(H,93,114)(H,94,109)(H,95,110)(H,96,111)(H,97,116)(H,98,115)(H,99,119)(H,100,120)(H,101,117)(H,102,118)(H,104,105)(H,106,107)(H4,78,79,86)(H4,80,81,87)(H4,82,83,88)(H4,84,85,89);4*1H/t45-,46-,47-,48-,49-,50-,51-,52-,53-,54-,55-,56-,57-;;;;/m0..../s1. The third-order valence-corrected chi connectivity index (χ3v) is 17.8. The molecule has 714 valence electrons. The summed E-state index contributed by atoms with van der Waals surface area (Å²) < 4.78 is 0. The van der Waals surface area contributed by atoms with Crippen LogP contribution in [0.25, 0.3) is 0 Å². The van der Waals surface area contributed by atoms with Crippen molar-refractivity contribution in [3.63, 3.8) is 0 Å². The van der Waals surface area contributed by atoms with Gasteiger partial charge in [0.15, 0.2) is 23.8 Å². The van der Waals surface area contributed by atoms with E-state index in [2.05, 4.69) is 89.1 Å². The number of carboxylic acids is 2. The summed E-state index contributed by atoms with van der Waals surface area (Å²) in [7, 11) is 0. The second-order valence-electron chi connectivity index (χ2n) is 32.8. The number of rotatable bonds is 60. The zero-order chi connectivity index (χ0) is 92.0. The quantitative estimate of drug-likeness (QED) is 0.0164. The van der Waals surface area contributed by atoms with Crippen LogP contribution >= 0.6 is 49.6 Å². The van der Waals surface area contributed by atoms with Gasteiger partial charge in [0, 0.05) is 33.1 Å². The minimum absolute atomic E-state index is 0. The molecule has 14 amide bonds. The van der Waals surface area contributed by atoms with Gasteiger partial charge in [0.25, 0.3) is 0 Å². The van der Waals surface area contributed by atoms with Crippen molar-refractivity contribution < 1.29 is 86.9 Å². The maximum absolute atomic E-state index is 14.8. The average Bonchev–Trinajstić information content (AvgIpc) is 0.854. The number of primary amides is 1. The van der Waals surface area contributed by atoms with E-state index >= 15 is 0 Å². The number of guanidine groups is 4. The summed E-state index contributed by atoms with van der Waals surface area (Å²) >= 11 is 0. The number of nitrogens with two attached hydrogens (primary N) is 9. The van der Waals surface area contributed by atoms with Crippen LogP contribution in [0, 0.1) is 41.4 Å². The van der Waals surface area contributed by atoms with Crippen LogP contribution in [-0.2, 0) is 76.7 Å². The average molecular weight is 1850 g/mol. The van der Waals surface area contributed by atoms with E-state index in [4.69, 9.17) is 51.6 Å². The van der Waals surface area contributed by atoms with Gasteiger partial charge in [-0.3, -0.25) is 96.7 Å². The van der Waals surface area contributed by atoms with E-state index < -0.39 is 186 Å². The molecular formula is C76H144Cl4N26O18. The Labute approximate surface area is 751 Å². The van der Waals surface area contributed by atoms with E-state index in [1.54, 1.807) is 96.9 Å². The van der Waals surface area contributed by atoms with Gasteiger partial charge in [0.1, 0.15) is 78.5 Å². The van der Waals surface area contributed by atoms with Crippen LogP contribution in [0.5, 0.6) is 0 Å². The van der Waals surface area contributed by atoms with Crippen LogP contribution in [0.1, 0.15) is 213 Å². The van der Waals surface area contributed by atoms with Crippen LogP contribution in [0.2, 0.25) is 0 Å². The SMILES string of the molecule is CC(=O)N[C@@H](CCCN=C(N)N)C(=O)N[C@@H](CC(C)C)C(=O)N[C@@H](CC(=O)O)C(=O)N[C@@H](CC(C)C)C(=O)N[C@@H](CCCN=C(N)N)C(=O)N[C@@H](CC(C)C)C(=O)N[C@@H](CC(C)C)C(=O)N[C@@H](CC(C)C)C(=O)N[C@@H](CCCN=C(N)N)C(=O)N[C@@H](CC(C)C)C(=O)N[C@@H](CC(=O)O)C(=O)N[C@@H](CC(C)C)C(=O)N[C@@H](CCCN=C(N)N)C(N)=O.Cl.Cl.Cl.Cl. The van der Waals surface area contributed by atoms with E-state index in [-0.39, 0.29) is 237 Å². The van der Waals surface area contributed by atoms with E-state index in [1.807, 2.05) is 0 Å². The number of aliphatic imine (C=N–C) groups is 4. The largest absolute Gasteiger partial charge is 0.481 e. The topological polar surface area (TPSA) is 754 Å². The molecule has 0 bridgehead atoms. The molecule has 0 radical (unpaired) electrons. The fraction of sp³-hybridized carbons (Fsp3) is 0.737. The first-order valence-electron chi connectivity index (χ1n) is 40.7. The van der Waals surface area contributed by atoms with Gasteiger partial charge >= 0.3 is 11.9 Å². The number of hydrogen-bond acceptors (Lipinski definition) is 20. The molecule has 0 heterocycles. The Morgan fingerprint density at radius 1 is 0.234 bits per heavy atom. The van der Waals surface area contributed by atoms with Crippen molar-refractivity contribution in [3.05, 3.63) is 0 Å². The molecule has 0 aliphatic rings. The fourth-order valence-corrected chi connectivity index (χ4v) is 12.3. The van der Waals surface area contributed by atoms with Crippen LogP contribution in [0.4, 0.5) is 0 Å². The Hall–Kier alpha value is -10.2. The summed E-state index contributed by atoms with van der Waals surface area (Å²) in [6.45, 7) is 25.5. The fourth-order valence-electron chi connectivity index (χ4n) is 12.3. The van der Waals surface area contributed by atoms with Crippen molar-refractivity contribution in [1.82, 2.24) is 69.1 Å². The first-order chi connectivity index (χ1) is 55.8. The Kier molecular flexibility index (Phi) is 63.6. The van der Waals surface area contributed by atoms with Gasteiger partial charge in [-0.15, -0.1) is 49.6 Å². The molecule has 33 N–H and O–H groups in total. The van der Waals surface area contributed by atoms with E-state index in [1.165, 1.54) is 6.92 Å². The number of hydrogen-bond donors (Lipinski definition) is 24. The van der Waals surface area contributed by atoms with E-state index in [0.29, 0.717) is 0 Å². The summed E-state index contributed by atoms with van der Waals surface area (Å²) in [6, 6.07) is -19.2. The molecule has 0 saturated heterocycles. The van der Waals surface area contributed by atoms with E-state index in [9.17, 15) is 86.9 Å². The van der Waals surface area contributed by atoms with Crippen molar-refractivity contribution in [2.45, 2.75) is 292 Å². The maximum atomic E-state index is 14.8. The molecule has 0 aromatic carbocycles. The third kappa shape index (κ3) is 55.1. The van der Waals surface area contributed by atoms with E-state index in [0.717, 1.165) is 0 Å². The molecule has 124 heavy (non-hydrogen) atoms. The predicted molar refractivity (Wildman–Crippen MR) is 479 cm³/mol. The summed E-state index contributed by atoms with van der Waals surface area (Å²) in [6.07, 6.45) is -2.24. The van der Waals surface area contributed by atoms with Gasteiger partial charge in [-0.2, -0.15) is 0 Å². The highest BCUT2D eigenvalue weighted by Gasteiger charge is 2.39. The number of amides is 14. The van der Waals surface area contributed by atoms with Gasteiger partial charge in [-0.1, -0.05) is 96.9 Å². The lowest BCUT2D eigenvalue weighted by atomic mass is 9.98. The molecule has 0 unspecified atom stereocenters. The zero-order valence-electron chi connectivity index (χ0n) is 73.9. The monoisotopic (exact) mass is 1850 g/mol. The van der Waals surface area contributed by atoms with Crippen molar-refractivity contribution in [1.29, 1.82) is 0 Å². The highest BCUT2D eigenvalue weighted by atomic mass is 35.5. The third-order valence-electron chi connectivity index (χ3n) is 17.8. The molecule has 13 atom stereocenters. The highest BCUT2D eigenvalue weighted by Crippen LogP contribution is 2.18. The minimum Gasteiger partial charge on any atom is -0.481 e. The Bertz CT molecular complexity index is 3520. The lowest BCUT2D eigenvalue weighted by Gasteiger charge is -2.30. The Morgan fingerprint density at radius 2 is 0.379 bits per heavy atom. The molecule has 0 aliphatic carbocycles. The summed E-state index contributed by atoms with van der Waals surface area (Å²) in [5.74, 6) is -19.2. The van der Waals surface area contributed by atoms with Crippen LogP contribution in [0.15, 0.2) is 20.0 Å². The van der Waals surface area contributed by atoms with Gasteiger partial charge in [0.05, 0.1) is 12.8 Å². The van der Waals surface area contributed by atoms with Gasteiger partial charge in [-0.25, -0.2) is 0 Å². The van der Waals surface area contributed by atoms with Crippen molar-refractivity contribution >= 4 is 168 Å². The lowest BCUT2D eigenvalue weighted by molar-refractivity contribution is -0.142. The Morgan fingerprint density at radius 3 is 0.540 bits per heavy atom. The zero-order valence-corrected chi connectivity index (χ0v) is 77.2. The van der Waals surface area contributed by atoms with Crippen molar-refractivity contribution in [3.8, 4) is 0 Å². The summed E-state index contributed by atoms with van der Waals surface area (Å²) in [5.41, 5.74) is 49.7. The van der Waals surface area contributed by atoms with Gasteiger partial charge < -0.3 is 131 Å². The number of carbonyl (C=O) groups excluding carboxylic acids is 14. The molecule has 0 aromatic rings. The molecule has 0 fully saturated rings. The molecule has 48 heteroatoms. The van der Waals surface area contributed by atoms with Gasteiger partial charge in [-0.05, 0) is 138 Å². The number of nitrogens with one attached hydrogen (secondary N) is 13. The summed E-state index contributed by atoms with van der Waals surface area (Å²) in [5, 5.41) is 53.6. The van der Waals surface area contributed by atoms with Crippen LogP contribution < -0.4 is 121 Å². The number of halogens is 4. The first-order valence-corrected chi connectivity index (χ1v) is 40.7. The molecule has 0 aromatic heterocycles. The van der Waals surface area contributed by atoms with Crippen LogP contribution in [-0.4, -0.2) is 233 Å². The molecule has 0 saturated carbocycles. The molecule has 44 nitrogen and oxygen atoms in total. The van der Waals surface area contributed by atoms with Gasteiger partial charge in [0.2, 0.25) is 82.7 Å². The van der Waals surface area contributed by atoms with Crippen molar-refractivity contribution in [2.24, 2.45) is 113 Å². The minimum atomic E-state index is -1.86. The molecular weight excluding hydrogens is 1710 g/mol. The van der Waals surface area contributed by atoms with Crippen LogP contribution in [0.3, 0.4) is 0 Å². The van der Waals surface area contributed by atoms with Crippen molar-refractivity contribution in [2.75, 3.05) is 26.2 Å². The number of carboxylic acid groups (broad SMARTS) is 2. The molecule has 0 aliphatic heterocycles. The normalized spacial score (nSPS) is 14.0. The first kappa shape index (κ1) is 122. The Balaban J connectivity index is -0.0000118. The second kappa shape index (κ2) is 64.5. The number of nitrogens with zero attached hydrogens (tertiary/aromatic N) is 4. The molecule has 0 spiro atoms. The second-order valence-corrected chi connectivity index (χ2v) is 32.8. The predicted octanol–water partition coefficient (Wildman–Crippen LogP) is -3.03. The lowest BCUT2D eigenvalue weighted by Crippen LogP contribution is -2.61. The molecule has 0 rings (SSSR count). The smallest absolute Gasteiger partial charge is 0.305 e. The highest BCUT2D eigenvalue weighted by molar-refractivity contribution is 6.01. The maximum Gasteiger partial charge on any atom is 0.305 e.